The molecule has 2 aromatic heterocycles. The number of nitrogens with zero attached hydrogens (tertiary/aromatic N) is 6. The van der Waals surface area contributed by atoms with Gasteiger partial charge in [-0.2, -0.15) is 18.3 Å². The van der Waals surface area contributed by atoms with Crippen molar-refractivity contribution in [3.63, 3.8) is 0 Å². The van der Waals surface area contributed by atoms with E-state index in [2.05, 4.69) is 30.2 Å². The molecule has 2 aliphatic heterocycles. The van der Waals surface area contributed by atoms with E-state index in [1.165, 1.54) is 10.9 Å². The largest absolute Gasteiger partial charge is 0.437 e. The maximum Gasteiger partial charge on any atom is 0.437 e. The number of alkyl halides is 3. The van der Waals surface area contributed by atoms with E-state index in [1.54, 1.807) is 25.1 Å². The number of piperidine rings is 1. The molecule has 8 nitrogen and oxygen atoms in total. The number of halogens is 5. The summed E-state index contributed by atoms with van der Waals surface area (Å²) in [7, 11) is 0. The Bertz CT molecular complexity index is 1410. The fourth-order valence-electron chi connectivity index (χ4n) is 5.70. The van der Waals surface area contributed by atoms with Crippen LogP contribution in [0.3, 0.4) is 0 Å². The number of amides is 1. The lowest BCUT2D eigenvalue weighted by Gasteiger charge is -2.47. The Morgan fingerprint density at radius 1 is 1.15 bits per heavy atom. The van der Waals surface area contributed by atoms with E-state index in [9.17, 15) is 18.0 Å². The fourth-order valence-corrected chi connectivity index (χ4v) is 6.27. The van der Waals surface area contributed by atoms with E-state index >= 15 is 0 Å². The molecule has 41 heavy (non-hydrogen) atoms. The molecule has 13 heteroatoms. The number of likely N-dealkylation sites (tertiary alicyclic amines) is 1. The lowest BCUT2D eigenvalue weighted by atomic mass is 9.80. The van der Waals surface area contributed by atoms with Crippen LogP contribution in [0.25, 0.3) is 11.2 Å². The van der Waals surface area contributed by atoms with Crippen LogP contribution in [0.2, 0.25) is 10.0 Å². The first-order valence-electron chi connectivity index (χ1n) is 13.9. The van der Waals surface area contributed by atoms with Crippen molar-refractivity contribution in [2.75, 3.05) is 44.2 Å². The van der Waals surface area contributed by atoms with E-state index in [0.717, 1.165) is 45.6 Å². The molecule has 1 aromatic carbocycles. The Kier molecular flexibility index (Phi) is 8.69. The normalized spacial score (nSPS) is 19.5. The molecule has 2 atom stereocenters. The number of nitrogens with one attached hydrogen (secondary N) is 1. The van der Waals surface area contributed by atoms with Gasteiger partial charge in [-0.1, -0.05) is 43.1 Å². The van der Waals surface area contributed by atoms with Crippen molar-refractivity contribution in [1.29, 1.82) is 0 Å². The Balaban J connectivity index is 1.30. The lowest BCUT2D eigenvalue weighted by Crippen LogP contribution is -2.54. The average molecular weight is 613 g/mol. The van der Waals surface area contributed by atoms with Crippen molar-refractivity contribution in [3.05, 3.63) is 45.7 Å². The number of carbonyl (C=O) groups is 1. The summed E-state index contributed by atoms with van der Waals surface area (Å²) in [6, 6.07) is 4.24. The van der Waals surface area contributed by atoms with Crippen molar-refractivity contribution in [2.24, 2.45) is 17.8 Å². The number of fused-ring (bicyclic) bond motifs is 1. The number of hydrogen-bond acceptors (Lipinski definition) is 6. The number of rotatable bonds is 8. The predicted molar refractivity (Wildman–Crippen MR) is 153 cm³/mol. The molecule has 0 aliphatic carbocycles. The molecule has 222 valence electrons. The predicted octanol–water partition coefficient (Wildman–Crippen LogP) is 5.68. The Hall–Kier alpha value is -2.63. The summed E-state index contributed by atoms with van der Waals surface area (Å²) in [5.74, 6) is 1.56. The summed E-state index contributed by atoms with van der Waals surface area (Å²) < 4.78 is 42.9. The Labute approximate surface area is 247 Å². The van der Waals surface area contributed by atoms with Crippen LogP contribution in [0.4, 0.5) is 19.0 Å². The molecule has 4 heterocycles. The van der Waals surface area contributed by atoms with E-state index in [1.807, 2.05) is 13.8 Å². The highest BCUT2D eigenvalue weighted by Gasteiger charge is 2.40. The number of anilines is 1. The number of benzene rings is 1. The highest BCUT2D eigenvalue weighted by atomic mass is 35.5. The molecule has 3 aromatic rings. The number of aromatic nitrogens is 4. The molecular weight excluding hydrogens is 578 g/mol. The van der Waals surface area contributed by atoms with Crippen LogP contribution < -0.4 is 10.2 Å². The van der Waals surface area contributed by atoms with E-state index in [-0.39, 0.29) is 23.0 Å². The molecule has 2 saturated heterocycles. The maximum atomic E-state index is 13.9. The SMILES string of the molecule is CC(C)C(=O)NCCN1CCC[C@H](C2CN(c3cnc4c(C(F)(F)F)nn(C(C)c5ccc(Cl)cc5Cl)c4n3)C2)C1. The van der Waals surface area contributed by atoms with Gasteiger partial charge in [0.15, 0.2) is 11.3 Å². The molecule has 1 N–H and O–H groups in total. The third-order valence-electron chi connectivity index (χ3n) is 8.13. The van der Waals surface area contributed by atoms with Gasteiger partial charge in [0.25, 0.3) is 0 Å². The molecule has 0 radical (unpaired) electrons. The van der Waals surface area contributed by atoms with Crippen LogP contribution in [0.15, 0.2) is 24.4 Å². The Morgan fingerprint density at radius 2 is 1.90 bits per heavy atom. The van der Waals surface area contributed by atoms with Crippen molar-refractivity contribution < 1.29 is 18.0 Å². The molecule has 0 saturated carbocycles. The van der Waals surface area contributed by atoms with E-state index < -0.39 is 17.9 Å². The van der Waals surface area contributed by atoms with Crippen molar-refractivity contribution in [1.82, 2.24) is 30.0 Å². The minimum Gasteiger partial charge on any atom is -0.355 e. The van der Waals surface area contributed by atoms with Gasteiger partial charge in [0.05, 0.1) is 12.2 Å². The van der Waals surface area contributed by atoms with Gasteiger partial charge in [0, 0.05) is 48.7 Å². The average Bonchev–Trinajstić information content (AvgIpc) is 3.27. The summed E-state index contributed by atoms with van der Waals surface area (Å²) in [6.07, 6.45) is -1.03. The Morgan fingerprint density at radius 3 is 2.59 bits per heavy atom. The molecule has 1 amide bonds. The third kappa shape index (κ3) is 6.41. The minimum absolute atomic E-state index is 0.0236. The number of carbonyl (C=O) groups excluding carboxylic acids is 1. The van der Waals surface area contributed by atoms with Crippen LogP contribution in [0.5, 0.6) is 0 Å². The van der Waals surface area contributed by atoms with Crippen molar-refractivity contribution in [2.45, 2.75) is 45.8 Å². The summed E-state index contributed by atoms with van der Waals surface area (Å²) >= 11 is 12.4. The van der Waals surface area contributed by atoms with Gasteiger partial charge in [-0.15, -0.1) is 0 Å². The van der Waals surface area contributed by atoms with Crippen LogP contribution in [-0.2, 0) is 11.0 Å². The molecule has 2 fully saturated rings. The molecular formula is C28H34Cl2F3N7O. The van der Waals surface area contributed by atoms with Gasteiger partial charge in [-0.3, -0.25) is 4.79 Å². The second kappa shape index (κ2) is 11.9. The zero-order valence-corrected chi connectivity index (χ0v) is 24.8. The van der Waals surface area contributed by atoms with Gasteiger partial charge in [0.2, 0.25) is 5.91 Å². The first kappa shape index (κ1) is 29.8. The lowest BCUT2D eigenvalue weighted by molar-refractivity contribution is -0.140. The monoisotopic (exact) mass is 611 g/mol. The third-order valence-corrected chi connectivity index (χ3v) is 8.69. The molecule has 2 aliphatic rings. The highest BCUT2D eigenvalue weighted by molar-refractivity contribution is 6.35. The van der Waals surface area contributed by atoms with Crippen LogP contribution in [-0.4, -0.2) is 69.8 Å². The summed E-state index contributed by atoms with van der Waals surface area (Å²) in [5, 5.41) is 7.67. The number of hydrogen-bond donors (Lipinski definition) is 1. The first-order valence-corrected chi connectivity index (χ1v) is 14.7. The maximum absolute atomic E-state index is 13.9. The molecule has 5 rings (SSSR count). The van der Waals surface area contributed by atoms with Gasteiger partial charge < -0.3 is 15.1 Å². The molecule has 1 unspecified atom stereocenters. The highest BCUT2D eigenvalue weighted by Crippen LogP contribution is 2.38. The molecule has 0 bridgehead atoms. The van der Waals surface area contributed by atoms with Gasteiger partial charge in [-0.05, 0) is 55.8 Å². The summed E-state index contributed by atoms with van der Waals surface area (Å²) in [6.45, 7) is 10.5. The van der Waals surface area contributed by atoms with E-state index in [0.29, 0.717) is 39.8 Å². The quantitative estimate of drug-likeness (QED) is 0.353. The zero-order valence-electron chi connectivity index (χ0n) is 23.3. The zero-order chi connectivity index (χ0) is 29.5. The first-order chi connectivity index (χ1) is 19.4. The molecule has 0 spiro atoms. The van der Waals surface area contributed by atoms with Crippen molar-refractivity contribution >= 4 is 46.1 Å². The smallest absolute Gasteiger partial charge is 0.355 e. The second-order valence-corrected chi connectivity index (χ2v) is 12.2. The fraction of sp³-hybridized carbons (Fsp3) is 0.571. The summed E-state index contributed by atoms with van der Waals surface area (Å²) in [5.41, 5.74) is -0.722. The standard InChI is InChI=1S/C28H34Cl2F3N7O/c1-16(2)27(41)34-8-10-38-9-4-5-18(13-38)19-14-39(15-19)23-12-35-24-25(28(31,32)33)37-40(26(24)36-23)17(3)21-7-6-20(29)11-22(21)30/h6-7,11-12,16-19H,4-5,8-10,13-15H2,1-3H3,(H,34,41)/t17?,18-/m0/s1. The van der Waals surface area contributed by atoms with Crippen LogP contribution in [0.1, 0.15) is 50.9 Å². The summed E-state index contributed by atoms with van der Waals surface area (Å²) in [4.78, 5) is 25.1. The van der Waals surface area contributed by atoms with Gasteiger partial charge in [-0.25, -0.2) is 14.6 Å². The second-order valence-electron chi connectivity index (χ2n) is 11.3. The van der Waals surface area contributed by atoms with Crippen LogP contribution in [0, 0.1) is 17.8 Å². The van der Waals surface area contributed by atoms with Crippen LogP contribution >= 0.6 is 23.2 Å². The van der Waals surface area contributed by atoms with Crippen molar-refractivity contribution in [3.8, 4) is 0 Å². The topological polar surface area (TPSA) is 79.2 Å². The minimum atomic E-state index is -4.69. The van der Waals surface area contributed by atoms with Gasteiger partial charge >= 0.3 is 6.18 Å². The van der Waals surface area contributed by atoms with Gasteiger partial charge in [0.1, 0.15) is 11.3 Å². The van der Waals surface area contributed by atoms with E-state index in [4.69, 9.17) is 23.2 Å².